The number of ether oxygens (including phenoxy) is 1. The molecule has 1 atom stereocenters. The van der Waals surface area contributed by atoms with Gasteiger partial charge in [-0.15, -0.1) is 0 Å². The van der Waals surface area contributed by atoms with E-state index in [0.717, 1.165) is 17.8 Å². The Morgan fingerprint density at radius 3 is 2.50 bits per heavy atom. The molecule has 1 heterocycles. The summed E-state index contributed by atoms with van der Waals surface area (Å²) >= 11 is 0. The lowest BCUT2D eigenvalue weighted by molar-refractivity contribution is 0.393. The van der Waals surface area contributed by atoms with Gasteiger partial charge < -0.3 is 10.1 Å². The molecule has 0 saturated carbocycles. The van der Waals surface area contributed by atoms with Gasteiger partial charge in [0.15, 0.2) is 0 Å². The third-order valence-corrected chi connectivity index (χ3v) is 3.47. The molecule has 0 aliphatic heterocycles. The van der Waals surface area contributed by atoms with Gasteiger partial charge in [0, 0.05) is 6.04 Å². The summed E-state index contributed by atoms with van der Waals surface area (Å²) in [5, 5.41) is 3.41. The van der Waals surface area contributed by atoms with Crippen molar-refractivity contribution < 1.29 is 4.74 Å². The van der Waals surface area contributed by atoms with Crippen LogP contribution in [-0.2, 0) is 6.42 Å². The van der Waals surface area contributed by atoms with Gasteiger partial charge in [0.25, 0.3) is 0 Å². The molecule has 2 aromatic rings. The SMILES string of the molecule is CCc1ccc(C(C)Nc2ncnc(OC)c2C)cc1. The number of methoxy groups -OCH3 is 1. The van der Waals surface area contributed by atoms with E-state index in [2.05, 4.69) is 53.4 Å². The molecule has 0 aliphatic carbocycles. The molecule has 0 aliphatic rings. The summed E-state index contributed by atoms with van der Waals surface area (Å²) in [5.41, 5.74) is 3.51. The molecule has 4 heteroatoms. The summed E-state index contributed by atoms with van der Waals surface area (Å²) < 4.78 is 5.21. The van der Waals surface area contributed by atoms with Crippen molar-refractivity contribution in [2.24, 2.45) is 0 Å². The number of nitrogens with zero attached hydrogens (tertiary/aromatic N) is 2. The fraction of sp³-hybridized carbons (Fsp3) is 0.375. The van der Waals surface area contributed by atoms with Gasteiger partial charge in [-0.25, -0.2) is 9.97 Å². The number of aryl methyl sites for hydroxylation is 1. The Morgan fingerprint density at radius 2 is 1.90 bits per heavy atom. The van der Waals surface area contributed by atoms with Gasteiger partial charge in [-0.3, -0.25) is 0 Å². The summed E-state index contributed by atoms with van der Waals surface area (Å²) in [6, 6.07) is 8.83. The normalized spacial score (nSPS) is 12.0. The van der Waals surface area contributed by atoms with E-state index in [9.17, 15) is 0 Å². The molecule has 0 amide bonds. The van der Waals surface area contributed by atoms with Crippen molar-refractivity contribution in [2.75, 3.05) is 12.4 Å². The van der Waals surface area contributed by atoms with E-state index in [4.69, 9.17) is 4.74 Å². The average Bonchev–Trinajstić information content (AvgIpc) is 2.49. The van der Waals surface area contributed by atoms with Crippen LogP contribution in [-0.4, -0.2) is 17.1 Å². The van der Waals surface area contributed by atoms with Crippen LogP contribution in [0.3, 0.4) is 0 Å². The van der Waals surface area contributed by atoms with Crippen LogP contribution >= 0.6 is 0 Å². The van der Waals surface area contributed by atoms with Crippen LogP contribution in [0.2, 0.25) is 0 Å². The molecule has 1 unspecified atom stereocenters. The highest BCUT2D eigenvalue weighted by Gasteiger charge is 2.11. The Morgan fingerprint density at radius 1 is 1.20 bits per heavy atom. The maximum atomic E-state index is 5.21. The largest absolute Gasteiger partial charge is 0.481 e. The Kier molecular flexibility index (Phi) is 4.56. The Labute approximate surface area is 120 Å². The van der Waals surface area contributed by atoms with Crippen LogP contribution in [0.1, 0.15) is 36.6 Å². The molecule has 0 spiro atoms. The first kappa shape index (κ1) is 14.3. The molecule has 1 N–H and O–H groups in total. The number of rotatable bonds is 5. The van der Waals surface area contributed by atoms with E-state index in [0.29, 0.717) is 5.88 Å². The summed E-state index contributed by atoms with van der Waals surface area (Å²) in [7, 11) is 1.62. The van der Waals surface area contributed by atoms with Gasteiger partial charge in [0.2, 0.25) is 5.88 Å². The average molecular weight is 271 g/mol. The van der Waals surface area contributed by atoms with Gasteiger partial charge in [0.1, 0.15) is 12.1 Å². The van der Waals surface area contributed by atoms with E-state index in [1.807, 2.05) is 6.92 Å². The highest BCUT2D eigenvalue weighted by Crippen LogP contribution is 2.24. The summed E-state index contributed by atoms with van der Waals surface area (Å²) in [6.07, 6.45) is 2.57. The van der Waals surface area contributed by atoms with Crippen LogP contribution in [0, 0.1) is 6.92 Å². The lowest BCUT2D eigenvalue weighted by Gasteiger charge is -2.17. The Balaban J connectivity index is 2.16. The van der Waals surface area contributed by atoms with E-state index in [1.54, 1.807) is 7.11 Å². The topological polar surface area (TPSA) is 47.0 Å². The van der Waals surface area contributed by atoms with Crippen molar-refractivity contribution in [1.82, 2.24) is 9.97 Å². The lowest BCUT2D eigenvalue weighted by Crippen LogP contribution is -2.10. The molecular formula is C16H21N3O. The number of hydrogen-bond acceptors (Lipinski definition) is 4. The second-order valence-corrected chi connectivity index (χ2v) is 4.82. The van der Waals surface area contributed by atoms with Crippen molar-refractivity contribution in [1.29, 1.82) is 0 Å². The second-order valence-electron chi connectivity index (χ2n) is 4.82. The van der Waals surface area contributed by atoms with Crippen molar-refractivity contribution in [2.45, 2.75) is 33.2 Å². The zero-order valence-electron chi connectivity index (χ0n) is 12.5. The second kappa shape index (κ2) is 6.37. The fourth-order valence-electron chi connectivity index (χ4n) is 2.12. The minimum absolute atomic E-state index is 0.180. The monoisotopic (exact) mass is 271 g/mol. The third-order valence-electron chi connectivity index (χ3n) is 3.47. The number of nitrogens with one attached hydrogen (secondary N) is 1. The molecule has 0 fully saturated rings. The quantitative estimate of drug-likeness (QED) is 0.903. The first-order chi connectivity index (χ1) is 9.65. The highest BCUT2D eigenvalue weighted by molar-refractivity contribution is 5.49. The molecule has 106 valence electrons. The Bertz CT molecular complexity index is 566. The van der Waals surface area contributed by atoms with Crippen LogP contribution in [0.5, 0.6) is 5.88 Å². The van der Waals surface area contributed by atoms with Crippen LogP contribution < -0.4 is 10.1 Å². The predicted molar refractivity (Wildman–Crippen MR) is 81.2 cm³/mol. The molecule has 1 aromatic heterocycles. The van der Waals surface area contributed by atoms with E-state index in [1.165, 1.54) is 17.5 Å². The minimum atomic E-state index is 0.180. The van der Waals surface area contributed by atoms with E-state index >= 15 is 0 Å². The molecule has 20 heavy (non-hydrogen) atoms. The van der Waals surface area contributed by atoms with Gasteiger partial charge in [-0.2, -0.15) is 0 Å². The summed E-state index contributed by atoms with van der Waals surface area (Å²) in [4.78, 5) is 8.37. The molecular weight excluding hydrogens is 250 g/mol. The van der Waals surface area contributed by atoms with Crippen molar-refractivity contribution in [3.63, 3.8) is 0 Å². The third kappa shape index (κ3) is 3.07. The molecule has 0 bridgehead atoms. The smallest absolute Gasteiger partial charge is 0.221 e. The van der Waals surface area contributed by atoms with Gasteiger partial charge in [-0.05, 0) is 31.4 Å². The van der Waals surface area contributed by atoms with Gasteiger partial charge in [0.05, 0.1) is 12.7 Å². The van der Waals surface area contributed by atoms with Crippen LogP contribution in [0.15, 0.2) is 30.6 Å². The number of benzene rings is 1. The maximum absolute atomic E-state index is 5.21. The van der Waals surface area contributed by atoms with Crippen molar-refractivity contribution in [3.8, 4) is 5.88 Å². The molecule has 0 radical (unpaired) electrons. The van der Waals surface area contributed by atoms with Crippen molar-refractivity contribution in [3.05, 3.63) is 47.3 Å². The first-order valence-corrected chi connectivity index (χ1v) is 6.86. The first-order valence-electron chi connectivity index (χ1n) is 6.86. The predicted octanol–water partition coefficient (Wildman–Crippen LogP) is 3.53. The number of aromatic nitrogens is 2. The van der Waals surface area contributed by atoms with Crippen molar-refractivity contribution >= 4 is 5.82 Å². The zero-order valence-corrected chi connectivity index (χ0v) is 12.5. The van der Waals surface area contributed by atoms with Gasteiger partial charge >= 0.3 is 0 Å². The standard InChI is InChI=1S/C16H21N3O/c1-5-13-6-8-14(9-7-13)12(3)19-15-11(2)16(20-4)18-10-17-15/h6-10,12H,5H2,1-4H3,(H,17,18,19). The molecule has 1 aromatic carbocycles. The Hall–Kier alpha value is -2.10. The van der Waals surface area contributed by atoms with Crippen LogP contribution in [0.25, 0.3) is 0 Å². The maximum Gasteiger partial charge on any atom is 0.221 e. The summed E-state index contributed by atoms with van der Waals surface area (Å²) in [6.45, 7) is 6.23. The number of anilines is 1. The lowest BCUT2D eigenvalue weighted by atomic mass is 10.0. The van der Waals surface area contributed by atoms with E-state index < -0.39 is 0 Å². The minimum Gasteiger partial charge on any atom is -0.481 e. The molecule has 0 saturated heterocycles. The van der Waals surface area contributed by atoms with Crippen LogP contribution in [0.4, 0.5) is 5.82 Å². The van der Waals surface area contributed by atoms with E-state index in [-0.39, 0.29) is 6.04 Å². The molecule has 4 nitrogen and oxygen atoms in total. The summed E-state index contributed by atoms with van der Waals surface area (Å²) in [5.74, 6) is 1.42. The van der Waals surface area contributed by atoms with Gasteiger partial charge in [-0.1, -0.05) is 31.2 Å². The zero-order chi connectivity index (χ0) is 14.5. The highest BCUT2D eigenvalue weighted by atomic mass is 16.5. The number of hydrogen-bond donors (Lipinski definition) is 1. The fourth-order valence-corrected chi connectivity index (χ4v) is 2.12. The molecule has 2 rings (SSSR count).